The number of hydrogen-bond donors (Lipinski definition) is 0. The van der Waals surface area contributed by atoms with Gasteiger partial charge in [-0.05, 0) is 38.9 Å². The maximum Gasteiger partial charge on any atom is 0.337 e. The lowest BCUT2D eigenvalue weighted by molar-refractivity contribution is -0.360. The van der Waals surface area contributed by atoms with Gasteiger partial charge in [0, 0.05) is 25.9 Å². The molecule has 460 valence electrons. The van der Waals surface area contributed by atoms with Crippen LogP contribution in [0.1, 0.15) is 47.2 Å². The van der Waals surface area contributed by atoms with Crippen molar-refractivity contribution in [1.82, 2.24) is 0 Å². The minimum atomic E-state index is -1.74. The van der Waals surface area contributed by atoms with E-state index < -0.39 is 110 Å². The van der Waals surface area contributed by atoms with Crippen LogP contribution in [0.5, 0.6) is 0 Å². The molecule has 3 heterocycles. The highest BCUT2D eigenvalue weighted by Crippen LogP contribution is 2.38. The number of carbonyl (C=O) groups is 3. The van der Waals surface area contributed by atoms with Crippen molar-refractivity contribution in [1.29, 1.82) is 0 Å². The van der Waals surface area contributed by atoms with Crippen molar-refractivity contribution in [3.8, 4) is 0 Å². The lowest BCUT2D eigenvalue weighted by Gasteiger charge is -2.49. The van der Waals surface area contributed by atoms with Crippen molar-refractivity contribution >= 4 is 17.9 Å². The molecule has 87 heavy (non-hydrogen) atoms. The molecule has 0 amide bonds. The Morgan fingerprint density at radius 2 is 0.816 bits per heavy atom. The molecule has 15 atom stereocenters. The summed E-state index contributed by atoms with van der Waals surface area (Å²) in [5.41, 5.74) is 15.1. The first-order valence-electron chi connectivity index (χ1n) is 28.7. The van der Waals surface area contributed by atoms with Gasteiger partial charge in [-0.25, -0.2) is 4.79 Å². The smallest absolute Gasteiger partial charge is 0.337 e. The Hall–Kier alpha value is -7.44. The van der Waals surface area contributed by atoms with E-state index in [1.807, 2.05) is 182 Å². The predicted octanol–water partition coefficient (Wildman–Crippen LogP) is 9.07. The first-order chi connectivity index (χ1) is 42.6. The maximum atomic E-state index is 14.5. The molecule has 0 spiro atoms. The molecule has 3 fully saturated rings. The van der Waals surface area contributed by atoms with Crippen LogP contribution in [0.15, 0.2) is 187 Å². The fraction of sp³-hybridized carbons (Fsp3) is 0.409. The average molecular weight is 1200 g/mol. The van der Waals surface area contributed by atoms with Gasteiger partial charge in [-0.15, -0.1) is 0 Å². The number of esters is 3. The first-order valence-corrected chi connectivity index (χ1v) is 28.7. The van der Waals surface area contributed by atoms with Gasteiger partial charge in [0.2, 0.25) is 0 Å². The molecular weight excluding hydrogens is 1120 g/mol. The highest BCUT2D eigenvalue weighted by Gasteiger charge is 2.57. The Balaban J connectivity index is 1.09. The fourth-order valence-corrected chi connectivity index (χ4v) is 10.5. The van der Waals surface area contributed by atoms with Crippen molar-refractivity contribution in [3.05, 3.63) is 226 Å². The zero-order valence-corrected chi connectivity index (χ0v) is 48.8. The average Bonchev–Trinajstić information content (AvgIpc) is 1.68. The molecule has 21 heteroatoms. The lowest BCUT2D eigenvalue weighted by Crippen LogP contribution is -2.67. The summed E-state index contributed by atoms with van der Waals surface area (Å²) in [6.07, 6.45) is -17.7. The molecule has 0 unspecified atom stereocenters. The summed E-state index contributed by atoms with van der Waals surface area (Å²) in [6, 6.07) is 55.6. The van der Waals surface area contributed by atoms with Crippen molar-refractivity contribution < 1.29 is 85.4 Å². The molecule has 3 aliphatic rings. The number of carbonyl (C=O) groups excluding carboxylic acids is 3. The van der Waals surface area contributed by atoms with E-state index in [2.05, 4.69) is 10.0 Å². The summed E-state index contributed by atoms with van der Waals surface area (Å²) in [7, 11) is 2.57. The summed E-state index contributed by atoms with van der Waals surface area (Å²) in [4.78, 5) is 43.5. The molecule has 0 radical (unpaired) electrons. The second-order valence-electron chi connectivity index (χ2n) is 20.8. The first kappa shape index (κ1) is 64.0. The highest BCUT2D eigenvalue weighted by atomic mass is 16.8. The SMILES string of the molecule is COC(=O)[C@@H]1O[C@@H](OC[C@H]2O[C@@H](OCc3ccccc3)[C@H](OCc3ccccc3)[C@@H](OCc3ccccc3)[C@@H]2OCc2ccccc2)[C@H](OC(C)=O)[C@@H](OCc2ccccc2)[C@@H]1O[C@H]1O[C@H](COC(C)=O)[C@@H](OC)[C@H](OCc2ccccc2)[C@H]1N=[N+]=[N-]. The molecular formula is C66H73N3O18. The molecule has 9 rings (SSSR count). The Morgan fingerprint density at radius 3 is 1.24 bits per heavy atom. The Kier molecular flexibility index (Phi) is 24.3. The zero-order chi connectivity index (χ0) is 60.7. The van der Waals surface area contributed by atoms with Gasteiger partial charge in [0.1, 0.15) is 67.6 Å². The number of nitrogens with zero attached hydrogens (tertiary/aromatic N) is 3. The van der Waals surface area contributed by atoms with Crippen LogP contribution in [0.3, 0.4) is 0 Å². The quantitative estimate of drug-likeness (QED) is 0.0140. The summed E-state index contributed by atoms with van der Waals surface area (Å²) in [5.74, 6) is -2.35. The fourth-order valence-electron chi connectivity index (χ4n) is 10.5. The van der Waals surface area contributed by atoms with E-state index in [0.717, 1.165) is 34.9 Å². The van der Waals surface area contributed by atoms with Gasteiger partial charge >= 0.3 is 17.9 Å². The third-order valence-electron chi connectivity index (χ3n) is 14.7. The van der Waals surface area contributed by atoms with Gasteiger partial charge in [-0.2, -0.15) is 0 Å². The van der Waals surface area contributed by atoms with Crippen molar-refractivity contribution in [2.24, 2.45) is 5.11 Å². The molecule has 0 N–H and O–H groups in total. The Bertz CT molecular complexity index is 3060. The zero-order valence-electron chi connectivity index (χ0n) is 48.8. The van der Waals surface area contributed by atoms with Gasteiger partial charge in [-0.3, -0.25) is 9.59 Å². The molecule has 0 bridgehead atoms. The molecule has 3 aliphatic heterocycles. The summed E-state index contributed by atoms with van der Waals surface area (Å²) in [6.45, 7) is 2.16. The third kappa shape index (κ3) is 18.1. The molecule has 0 aromatic heterocycles. The van der Waals surface area contributed by atoms with Crippen LogP contribution in [0, 0.1) is 0 Å². The second kappa shape index (κ2) is 33.1. The van der Waals surface area contributed by atoms with Crippen LogP contribution in [0.2, 0.25) is 0 Å². The van der Waals surface area contributed by atoms with Crippen LogP contribution in [-0.4, -0.2) is 137 Å². The minimum absolute atomic E-state index is 0.0214. The van der Waals surface area contributed by atoms with E-state index in [1.54, 1.807) is 0 Å². The normalized spacial score (nSPS) is 27.1. The van der Waals surface area contributed by atoms with E-state index in [-0.39, 0.29) is 52.9 Å². The van der Waals surface area contributed by atoms with Crippen molar-refractivity contribution in [2.45, 2.75) is 146 Å². The van der Waals surface area contributed by atoms with Crippen LogP contribution in [0.25, 0.3) is 10.4 Å². The maximum absolute atomic E-state index is 14.5. The van der Waals surface area contributed by atoms with E-state index in [1.165, 1.54) is 21.0 Å². The highest BCUT2D eigenvalue weighted by molar-refractivity contribution is 5.76. The number of ether oxygens (including phenoxy) is 15. The summed E-state index contributed by atoms with van der Waals surface area (Å²) < 4.78 is 97.5. The van der Waals surface area contributed by atoms with Crippen LogP contribution >= 0.6 is 0 Å². The van der Waals surface area contributed by atoms with E-state index >= 15 is 0 Å². The standard InChI is InChI=1S/C66H73N3O18/c1-43(70)75-41-51-54(73-3)56(77-36-46-25-13-6-14-26-46)53(68-69-67)64(84-51)86-59-58(79-38-48-29-17-8-18-30-48)62(83-44(2)71)66(87-60(59)63(72)74-4)82-42-52-55(76-35-45-23-11-5-12-24-45)57(78-37-47-27-15-7-16-28-47)61(80-39-49-31-19-9-20-32-49)65(85-52)81-40-50-33-21-10-22-34-50/h5-34,51-62,64-66H,35-42H2,1-4H3/t51-,52-,53-,54-,55-,56-,57+,58+,59+,60-,61-,62-,64-,65-,66-/m1/s1. The molecule has 21 nitrogen and oxygen atoms in total. The van der Waals surface area contributed by atoms with E-state index in [4.69, 9.17) is 71.1 Å². The van der Waals surface area contributed by atoms with Gasteiger partial charge in [0.25, 0.3) is 0 Å². The number of methoxy groups -OCH3 is 2. The number of azide groups is 1. The molecule has 6 aromatic rings. The van der Waals surface area contributed by atoms with Crippen LogP contribution < -0.4 is 0 Å². The Morgan fingerprint density at radius 1 is 0.425 bits per heavy atom. The Labute approximate surface area is 505 Å². The van der Waals surface area contributed by atoms with Gasteiger partial charge < -0.3 is 71.1 Å². The molecule has 3 saturated heterocycles. The minimum Gasteiger partial charge on any atom is -0.467 e. The van der Waals surface area contributed by atoms with Gasteiger partial charge in [-0.1, -0.05) is 187 Å². The third-order valence-corrected chi connectivity index (χ3v) is 14.7. The van der Waals surface area contributed by atoms with Crippen LogP contribution in [-0.2, 0) is 125 Å². The number of rotatable bonds is 29. The summed E-state index contributed by atoms with van der Waals surface area (Å²) in [5, 5.41) is 4.13. The largest absolute Gasteiger partial charge is 0.467 e. The topological polar surface area (TPSA) is 238 Å². The predicted molar refractivity (Wildman–Crippen MR) is 311 cm³/mol. The summed E-state index contributed by atoms with van der Waals surface area (Å²) >= 11 is 0. The van der Waals surface area contributed by atoms with Gasteiger partial charge in [0.15, 0.2) is 31.1 Å². The number of benzene rings is 6. The van der Waals surface area contributed by atoms with Crippen LogP contribution in [0.4, 0.5) is 0 Å². The lowest BCUT2D eigenvalue weighted by atomic mass is 9.95. The monoisotopic (exact) mass is 1200 g/mol. The number of hydrogen-bond acceptors (Lipinski definition) is 19. The van der Waals surface area contributed by atoms with E-state index in [0.29, 0.717) is 5.56 Å². The van der Waals surface area contributed by atoms with Crippen molar-refractivity contribution in [2.75, 3.05) is 27.4 Å². The van der Waals surface area contributed by atoms with Gasteiger partial charge in [0.05, 0.1) is 53.4 Å². The molecule has 0 aliphatic carbocycles. The molecule has 0 saturated carbocycles. The second-order valence-corrected chi connectivity index (χ2v) is 20.8. The van der Waals surface area contributed by atoms with E-state index in [9.17, 15) is 19.9 Å². The van der Waals surface area contributed by atoms with Crippen molar-refractivity contribution in [3.63, 3.8) is 0 Å². The molecule has 6 aromatic carbocycles.